The van der Waals surface area contributed by atoms with E-state index in [0.29, 0.717) is 36.6 Å². The second-order valence-electron chi connectivity index (χ2n) is 6.47. The number of piperidine rings is 1. The molecule has 0 amide bonds. The number of hydrogen-bond donors (Lipinski definition) is 0. The van der Waals surface area contributed by atoms with Crippen LogP contribution in [0.25, 0.3) is 0 Å². The minimum absolute atomic E-state index is 0.101. The standard InChI is InChI=1S/C20H23NO6S/c1-25-16-5-7-18(8-6-16)27-20(22)15-4-3-13-21(14-15)28(23,24)19-11-9-17(26-2)10-12-19/h5-12,15H,3-4,13-14H2,1-2H3. The first-order chi connectivity index (χ1) is 13.4. The number of rotatable bonds is 6. The van der Waals surface area contributed by atoms with Gasteiger partial charge >= 0.3 is 5.97 Å². The average molecular weight is 405 g/mol. The predicted molar refractivity (Wildman–Crippen MR) is 103 cm³/mol. The van der Waals surface area contributed by atoms with Gasteiger partial charge in [0.05, 0.1) is 25.0 Å². The van der Waals surface area contributed by atoms with Gasteiger partial charge in [0, 0.05) is 13.1 Å². The Morgan fingerprint density at radius 3 is 2.04 bits per heavy atom. The maximum absolute atomic E-state index is 12.9. The summed E-state index contributed by atoms with van der Waals surface area (Å²) < 4.78 is 42.7. The van der Waals surface area contributed by atoms with Gasteiger partial charge in [-0.15, -0.1) is 0 Å². The first-order valence-electron chi connectivity index (χ1n) is 8.94. The second kappa shape index (κ2) is 8.62. The molecule has 150 valence electrons. The number of carbonyl (C=O) groups is 1. The van der Waals surface area contributed by atoms with Gasteiger partial charge < -0.3 is 14.2 Å². The lowest BCUT2D eigenvalue weighted by atomic mass is 10.00. The molecule has 0 spiro atoms. The number of methoxy groups -OCH3 is 2. The Bertz CT molecular complexity index is 909. The molecular weight excluding hydrogens is 382 g/mol. The first-order valence-corrected chi connectivity index (χ1v) is 10.4. The highest BCUT2D eigenvalue weighted by atomic mass is 32.2. The summed E-state index contributed by atoms with van der Waals surface area (Å²) in [6.45, 7) is 0.476. The number of ether oxygens (including phenoxy) is 3. The van der Waals surface area contributed by atoms with Gasteiger partial charge in [-0.2, -0.15) is 4.31 Å². The van der Waals surface area contributed by atoms with Gasteiger partial charge in [-0.05, 0) is 61.4 Å². The molecule has 1 fully saturated rings. The second-order valence-corrected chi connectivity index (χ2v) is 8.41. The van der Waals surface area contributed by atoms with Crippen molar-refractivity contribution < 1.29 is 27.4 Å². The molecule has 0 aromatic heterocycles. The number of hydrogen-bond acceptors (Lipinski definition) is 6. The summed E-state index contributed by atoms with van der Waals surface area (Å²) >= 11 is 0. The van der Waals surface area contributed by atoms with E-state index in [1.807, 2.05) is 0 Å². The van der Waals surface area contributed by atoms with Crippen LogP contribution in [0.3, 0.4) is 0 Å². The number of nitrogens with zero attached hydrogens (tertiary/aromatic N) is 1. The van der Waals surface area contributed by atoms with Crippen molar-refractivity contribution in [1.82, 2.24) is 4.31 Å². The van der Waals surface area contributed by atoms with E-state index in [1.165, 1.54) is 23.5 Å². The molecule has 3 rings (SSSR count). The highest BCUT2D eigenvalue weighted by Gasteiger charge is 2.34. The maximum Gasteiger partial charge on any atom is 0.315 e. The van der Waals surface area contributed by atoms with Gasteiger partial charge in [-0.3, -0.25) is 4.79 Å². The van der Waals surface area contributed by atoms with Gasteiger partial charge in [0.2, 0.25) is 10.0 Å². The Kier molecular flexibility index (Phi) is 6.21. The largest absolute Gasteiger partial charge is 0.497 e. The van der Waals surface area contributed by atoms with E-state index in [4.69, 9.17) is 14.2 Å². The normalized spacial score (nSPS) is 17.7. The SMILES string of the molecule is COc1ccc(OC(=O)C2CCCN(S(=O)(=O)c3ccc(OC)cc3)C2)cc1. The van der Waals surface area contributed by atoms with Crippen molar-refractivity contribution in [3.8, 4) is 17.2 Å². The lowest BCUT2D eigenvalue weighted by Gasteiger charge is -2.30. The molecule has 0 bridgehead atoms. The summed E-state index contributed by atoms with van der Waals surface area (Å²) in [6, 6.07) is 12.9. The van der Waals surface area contributed by atoms with Crippen LogP contribution >= 0.6 is 0 Å². The zero-order valence-corrected chi connectivity index (χ0v) is 16.6. The highest BCUT2D eigenvalue weighted by Crippen LogP contribution is 2.26. The van der Waals surface area contributed by atoms with Crippen LogP contribution in [0.2, 0.25) is 0 Å². The fraction of sp³-hybridized carbons (Fsp3) is 0.350. The van der Waals surface area contributed by atoms with E-state index in [-0.39, 0.29) is 11.4 Å². The lowest BCUT2D eigenvalue weighted by Crippen LogP contribution is -2.43. The Balaban J connectivity index is 1.68. The molecule has 1 atom stereocenters. The summed E-state index contributed by atoms with van der Waals surface area (Å²) in [5, 5.41) is 0. The maximum atomic E-state index is 12.9. The summed E-state index contributed by atoms with van der Waals surface area (Å²) in [5.74, 6) is 0.706. The third-order valence-corrected chi connectivity index (χ3v) is 6.57. The number of carbonyl (C=O) groups excluding carboxylic acids is 1. The monoisotopic (exact) mass is 405 g/mol. The van der Waals surface area contributed by atoms with E-state index in [0.717, 1.165) is 0 Å². The van der Waals surface area contributed by atoms with Crippen LogP contribution in [-0.2, 0) is 14.8 Å². The van der Waals surface area contributed by atoms with Crippen molar-refractivity contribution in [2.24, 2.45) is 5.92 Å². The quantitative estimate of drug-likeness (QED) is 0.543. The fourth-order valence-corrected chi connectivity index (χ4v) is 4.62. The molecule has 0 radical (unpaired) electrons. The van der Waals surface area contributed by atoms with Crippen molar-refractivity contribution in [2.75, 3.05) is 27.3 Å². The van der Waals surface area contributed by atoms with Crippen LogP contribution in [0.5, 0.6) is 17.2 Å². The minimum Gasteiger partial charge on any atom is -0.497 e. The van der Waals surface area contributed by atoms with Gasteiger partial charge in [0.15, 0.2) is 0 Å². The van der Waals surface area contributed by atoms with Crippen molar-refractivity contribution in [2.45, 2.75) is 17.7 Å². The smallest absolute Gasteiger partial charge is 0.315 e. The molecule has 28 heavy (non-hydrogen) atoms. The summed E-state index contributed by atoms with van der Waals surface area (Å²) in [5.41, 5.74) is 0. The molecule has 0 aliphatic carbocycles. The van der Waals surface area contributed by atoms with Crippen LogP contribution in [0.1, 0.15) is 12.8 Å². The third kappa shape index (κ3) is 4.45. The molecule has 1 heterocycles. The third-order valence-electron chi connectivity index (χ3n) is 4.69. The summed E-state index contributed by atoms with van der Waals surface area (Å²) in [6.07, 6.45) is 1.18. The molecule has 1 aliphatic heterocycles. The number of benzene rings is 2. The van der Waals surface area contributed by atoms with Crippen LogP contribution in [0.15, 0.2) is 53.4 Å². The molecule has 2 aromatic carbocycles. The Hall–Kier alpha value is -2.58. The molecule has 7 nitrogen and oxygen atoms in total. The topological polar surface area (TPSA) is 82.1 Å². The van der Waals surface area contributed by atoms with Crippen molar-refractivity contribution in [1.29, 1.82) is 0 Å². The van der Waals surface area contributed by atoms with Gasteiger partial charge in [0.25, 0.3) is 0 Å². The zero-order valence-electron chi connectivity index (χ0n) is 15.8. The molecule has 1 unspecified atom stereocenters. The van der Waals surface area contributed by atoms with E-state index in [1.54, 1.807) is 43.5 Å². The molecule has 0 N–H and O–H groups in total. The Morgan fingerprint density at radius 1 is 0.929 bits per heavy atom. The summed E-state index contributed by atoms with van der Waals surface area (Å²) in [7, 11) is -0.604. The number of sulfonamides is 1. The zero-order chi connectivity index (χ0) is 20.1. The minimum atomic E-state index is -3.68. The molecule has 0 saturated carbocycles. The predicted octanol–water partition coefficient (Wildman–Crippen LogP) is 2.71. The van der Waals surface area contributed by atoms with Crippen LogP contribution in [-0.4, -0.2) is 46.0 Å². The van der Waals surface area contributed by atoms with E-state index in [2.05, 4.69) is 0 Å². The Morgan fingerprint density at radius 2 is 1.46 bits per heavy atom. The fourth-order valence-electron chi connectivity index (χ4n) is 3.09. The van der Waals surface area contributed by atoms with Crippen molar-refractivity contribution >= 4 is 16.0 Å². The van der Waals surface area contributed by atoms with Crippen molar-refractivity contribution in [3.63, 3.8) is 0 Å². The molecular formula is C20H23NO6S. The van der Waals surface area contributed by atoms with Crippen LogP contribution in [0, 0.1) is 5.92 Å². The molecule has 1 saturated heterocycles. The summed E-state index contributed by atoms with van der Waals surface area (Å²) in [4.78, 5) is 12.7. The lowest BCUT2D eigenvalue weighted by molar-refractivity contribution is -0.140. The van der Waals surface area contributed by atoms with Gasteiger partial charge in [-0.25, -0.2) is 8.42 Å². The molecule has 8 heteroatoms. The molecule has 2 aromatic rings. The first kappa shape index (κ1) is 20.2. The van der Waals surface area contributed by atoms with Crippen LogP contribution < -0.4 is 14.2 Å². The van der Waals surface area contributed by atoms with E-state index >= 15 is 0 Å². The van der Waals surface area contributed by atoms with E-state index in [9.17, 15) is 13.2 Å². The van der Waals surface area contributed by atoms with E-state index < -0.39 is 21.9 Å². The van der Waals surface area contributed by atoms with Gasteiger partial charge in [0.1, 0.15) is 17.2 Å². The highest BCUT2D eigenvalue weighted by molar-refractivity contribution is 7.89. The van der Waals surface area contributed by atoms with Crippen LogP contribution in [0.4, 0.5) is 0 Å². The molecule has 1 aliphatic rings. The number of esters is 1. The van der Waals surface area contributed by atoms with Crippen molar-refractivity contribution in [3.05, 3.63) is 48.5 Å². The van der Waals surface area contributed by atoms with Gasteiger partial charge in [-0.1, -0.05) is 0 Å². The average Bonchev–Trinajstić information content (AvgIpc) is 2.74. The Labute approximate surface area is 164 Å².